The highest BCUT2D eigenvalue weighted by Crippen LogP contribution is 2.38. The Hall–Kier alpha value is -2.58. The molecule has 0 N–H and O–H groups in total. The van der Waals surface area contributed by atoms with E-state index < -0.39 is 36.6 Å². The van der Waals surface area contributed by atoms with Gasteiger partial charge in [0.2, 0.25) is 0 Å². The number of hydrogen-bond acceptors (Lipinski definition) is 7. The Morgan fingerprint density at radius 1 is 0.575 bits per heavy atom. The first-order valence-electron chi connectivity index (χ1n) is 14.1. The fourth-order valence-electron chi connectivity index (χ4n) is 4.73. The highest BCUT2D eigenvalue weighted by atomic mass is 16.7. The van der Waals surface area contributed by atoms with E-state index in [1.54, 1.807) is 6.33 Å². The molecule has 0 radical (unpaired) electrons. The highest BCUT2D eigenvalue weighted by molar-refractivity contribution is 6.66. The molecule has 2 aliphatic heterocycles. The monoisotopic (exact) mass is 541 g/mol. The van der Waals surface area contributed by atoms with Gasteiger partial charge in [-0.3, -0.25) is 0 Å². The van der Waals surface area contributed by atoms with Crippen LogP contribution >= 0.6 is 0 Å². The quantitative estimate of drug-likeness (QED) is 0.426. The molecule has 3 aromatic rings. The van der Waals surface area contributed by atoms with E-state index in [0.29, 0.717) is 11.6 Å². The van der Waals surface area contributed by atoms with E-state index in [-0.39, 0.29) is 5.41 Å². The summed E-state index contributed by atoms with van der Waals surface area (Å²) in [6, 6.07) is 14.5. The molecule has 1 aromatic heterocycles. The number of benzene rings is 2. The Bertz CT molecular complexity index is 1330. The van der Waals surface area contributed by atoms with Crippen molar-refractivity contribution in [2.45, 2.75) is 104 Å². The molecule has 5 rings (SSSR count). The van der Waals surface area contributed by atoms with Gasteiger partial charge in [0.25, 0.3) is 0 Å². The lowest BCUT2D eigenvalue weighted by Gasteiger charge is -2.32. The van der Waals surface area contributed by atoms with Gasteiger partial charge in [-0.05, 0) is 77.3 Å². The largest absolute Gasteiger partial charge is 0.494 e. The number of rotatable bonds is 4. The molecule has 9 heteroatoms. The van der Waals surface area contributed by atoms with Crippen LogP contribution in [-0.2, 0) is 24.0 Å². The summed E-state index contributed by atoms with van der Waals surface area (Å²) in [5, 5.41) is 0. The SMILES string of the molecule is CC(C)(C)c1ccc(-c2ncnc(-c3cc(B4OC(C)(C)C(C)(C)O4)cc(B4OC(C)(C)C(C)(C)O4)c3)n2)cc1. The normalized spacial score (nSPS) is 21.2. The maximum absolute atomic E-state index is 6.42. The van der Waals surface area contributed by atoms with Crippen LogP contribution in [0.3, 0.4) is 0 Å². The van der Waals surface area contributed by atoms with Crippen molar-refractivity contribution in [2.75, 3.05) is 0 Å². The van der Waals surface area contributed by atoms with Gasteiger partial charge in [0.1, 0.15) is 6.33 Å². The molecule has 210 valence electrons. The maximum Gasteiger partial charge on any atom is 0.494 e. The van der Waals surface area contributed by atoms with Crippen LogP contribution in [0.15, 0.2) is 48.8 Å². The zero-order valence-corrected chi connectivity index (χ0v) is 25.7. The van der Waals surface area contributed by atoms with E-state index >= 15 is 0 Å². The van der Waals surface area contributed by atoms with Crippen LogP contribution in [0.4, 0.5) is 0 Å². The zero-order valence-electron chi connectivity index (χ0n) is 25.7. The van der Waals surface area contributed by atoms with Crippen LogP contribution in [0.5, 0.6) is 0 Å². The van der Waals surface area contributed by atoms with Crippen LogP contribution in [0.2, 0.25) is 0 Å². The van der Waals surface area contributed by atoms with Gasteiger partial charge in [-0.15, -0.1) is 0 Å². The average Bonchev–Trinajstić information content (AvgIpc) is 3.23. The molecule has 2 saturated heterocycles. The molecule has 0 amide bonds. The summed E-state index contributed by atoms with van der Waals surface area (Å²) in [4.78, 5) is 13.9. The minimum Gasteiger partial charge on any atom is -0.399 e. The topological polar surface area (TPSA) is 75.6 Å². The zero-order chi connectivity index (χ0) is 29.3. The summed E-state index contributed by atoms with van der Waals surface area (Å²) in [5.74, 6) is 1.17. The maximum atomic E-state index is 6.42. The van der Waals surface area contributed by atoms with Crippen LogP contribution in [-0.4, -0.2) is 51.6 Å². The van der Waals surface area contributed by atoms with Gasteiger partial charge < -0.3 is 18.6 Å². The van der Waals surface area contributed by atoms with Crippen molar-refractivity contribution in [1.82, 2.24) is 15.0 Å². The summed E-state index contributed by atoms with van der Waals surface area (Å²) in [7, 11) is -1.12. The summed E-state index contributed by atoms with van der Waals surface area (Å²) >= 11 is 0. The third-order valence-corrected chi connectivity index (χ3v) is 8.87. The van der Waals surface area contributed by atoms with Gasteiger partial charge in [0, 0.05) is 11.1 Å². The Labute approximate surface area is 239 Å². The lowest BCUT2D eigenvalue weighted by molar-refractivity contribution is 0.00578. The molecule has 0 atom stereocenters. The van der Waals surface area contributed by atoms with Gasteiger partial charge in [-0.2, -0.15) is 0 Å². The van der Waals surface area contributed by atoms with Crippen LogP contribution in [0, 0.1) is 0 Å². The van der Waals surface area contributed by atoms with Crippen molar-refractivity contribution in [1.29, 1.82) is 0 Å². The second-order valence-electron chi connectivity index (χ2n) is 14.0. The molecular weight excluding hydrogens is 500 g/mol. The van der Waals surface area contributed by atoms with E-state index in [1.807, 2.05) is 18.2 Å². The summed E-state index contributed by atoms with van der Waals surface area (Å²) < 4.78 is 25.7. The van der Waals surface area contributed by atoms with Crippen molar-refractivity contribution in [3.8, 4) is 22.8 Å². The molecule has 7 nitrogen and oxygen atoms in total. The molecule has 2 aromatic carbocycles. The number of aromatic nitrogens is 3. The van der Waals surface area contributed by atoms with E-state index in [9.17, 15) is 0 Å². The lowest BCUT2D eigenvalue weighted by Crippen LogP contribution is -2.41. The van der Waals surface area contributed by atoms with Gasteiger partial charge in [0.05, 0.1) is 22.4 Å². The number of hydrogen-bond donors (Lipinski definition) is 0. The molecule has 0 bridgehead atoms. The van der Waals surface area contributed by atoms with Crippen molar-refractivity contribution in [3.63, 3.8) is 0 Å². The van der Waals surface area contributed by atoms with Crippen molar-refractivity contribution < 1.29 is 18.6 Å². The molecule has 2 aliphatic rings. The molecule has 0 unspecified atom stereocenters. The molecule has 0 spiro atoms. The second kappa shape index (κ2) is 9.48. The Morgan fingerprint density at radius 3 is 1.38 bits per heavy atom. The first-order valence-corrected chi connectivity index (χ1v) is 14.1. The fraction of sp³-hybridized carbons (Fsp3) is 0.516. The van der Waals surface area contributed by atoms with Crippen molar-refractivity contribution >= 4 is 25.2 Å². The average molecular weight is 541 g/mol. The predicted octanol–water partition coefficient (Wildman–Crippen LogP) is 5.10. The van der Waals surface area contributed by atoms with Crippen LogP contribution in [0.25, 0.3) is 22.8 Å². The van der Waals surface area contributed by atoms with E-state index in [4.69, 9.17) is 23.6 Å². The van der Waals surface area contributed by atoms with Gasteiger partial charge in [-0.1, -0.05) is 63.2 Å². The third kappa shape index (κ3) is 5.25. The van der Waals surface area contributed by atoms with Crippen LogP contribution in [0.1, 0.15) is 81.7 Å². The van der Waals surface area contributed by atoms with E-state index in [1.165, 1.54) is 5.56 Å². The van der Waals surface area contributed by atoms with Gasteiger partial charge in [-0.25, -0.2) is 15.0 Å². The van der Waals surface area contributed by atoms with Gasteiger partial charge in [0.15, 0.2) is 11.6 Å². The first-order chi connectivity index (χ1) is 18.4. The number of nitrogens with zero attached hydrogens (tertiary/aromatic N) is 3. The van der Waals surface area contributed by atoms with E-state index in [0.717, 1.165) is 22.1 Å². The summed E-state index contributed by atoms with van der Waals surface area (Å²) in [6.07, 6.45) is 1.56. The summed E-state index contributed by atoms with van der Waals surface area (Å²) in [6.45, 7) is 23.0. The first kappa shape index (κ1) is 28.9. The van der Waals surface area contributed by atoms with E-state index in [2.05, 4.69) is 110 Å². The predicted molar refractivity (Wildman–Crippen MR) is 161 cm³/mol. The minimum absolute atomic E-state index is 0.0701. The highest BCUT2D eigenvalue weighted by Gasteiger charge is 2.54. The standard InChI is InChI=1S/C31H41B2N3O4/c1-27(2,3)22-14-12-20(13-15-22)25-34-19-35-26(36-25)21-16-23(32-37-28(4,5)29(6,7)38-32)18-24(17-21)33-39-30(8,9)31(10,11)40-33/h12-19H,1-11H3. The van der Waals surface area contributed by atoms with Crippen LogP contribution < -0.4 is 10.9 Å². The smallest absolute Gasteiger partial charge is 0.399 e. The fourth-order valence-corrected chi connectivity index (χ4v) is 4.73. The molecule has 0 saturated carbocycles. The second-order valence-corrected chi connectivity index (χ2v) is 14.0. The molecule has 40 heavy (non-hydrogen) atoms. The molecular formula is C31H41B2N3O4. The Kier molecular flexibility index (Phi) is 6.86. The summed E-state index contributed by atoms with van der Waals surface area (Å²) in [5.41, 5.74) is 2.89. The van der Waals surface area contributed by atoms with Crippen molar-refractivity contribution in [3.05, 3.63) is 54.4 Å². The van der Waals surface area contributed by atoms with Gasteiger partial charge >= 0.3 is 14.2 Å². The third-order valence-electron chi connectivity index (χ3n) is 8.87. The lowest BCUT2D eigenvalue weighted by atomic mass is 9.71. The molecule has 0 aliphatic carbocycles. The Balaban J connectivity index is 1.57. The molecule has 2 fully saturated rings. The molecule has 3 heterocycles. The Morgan fingerprint density at radius 2 is 0.975 bits per heavy atom. The van der Waals surface area contributed by atoms with Crippen molar-refractivity contribution in [2.24, 2.45) is 0 Å². The minimum atomic E-state index is -0.558.